The zero-order chi connectivity index (χ0) is 13.9. The van der Waals surface area contributed by atoms with Crippen LogP contribution in [0.25, 0.3) is 11.1 Å². The Balaban J connectivity index is 2.03. The molecule has 3 aromatic rings. The minimum atomic E-state index is 0.519. The van der Waals surface area contributed by atoms with Crippen molar-refractivity contribution in [2.24, 2.45) is 0 Å². The van der Waals surface area contributed by atoms with Crippen molar-refractivity contribution >= 4 is 22.6 Å². The molecule has 5 heteroatoms. The van der Waals surface area contributed by atoms with E-state index in [2.05, 4.69) is 39.5 Å². The van der Waals surface area contributed by atoms with Gasteiger partial charge in [-0.05, 0) is 30.5 Å². The lowest BCUT2D eigenvalue weighted by Gasteiger charge is -2.07. The average Bonchev–Trinajstić information content (AvgIpc) is 2.92. The van der Waals surface area contributed by atoms with Crippen molar-refractivity contribution in [2.45, 2.75) is 26.7 Å². The number of hydrogen-bond donors (Lipinski definition) is 1. The molecule has 0 radical (unpaired) electrons. The Morgan fingerprint density at radius 1 is 1.15 bits per heavy atom. The molecule has 1 N–H and O–H groups in total. The van der Waals surface area contributed by atoms with Crippen molar-refractivity contribution in [1.82, 2.24) is 15.1 Å². The first-order chi connectivity index (χ1) is 9.81. The van der Waals surface area contributed by atoms with Crippen molar-refractivity contribution in [2.75, 3.05) is 5.32 Å². The summed E-state index contributed by atoms with van der Waals surface area (Å²) in [5.74, 6) is 0.737. The van der Waals surface area contributed by atoms with Gasteiger partial charge in [0.1, 0.15) is 17.5 Å². The maximum absolute atomic E-state index is 5.22. The number of nitrogens with one attached hydrogen (secondary N) is 1. The molecule has 0 bridgehead atoms. The third-order valence-corrected chi connectivity index (χ3v) is 3.28. The number of benzene rings is 1. The van der Waals surface area contributed by atoms with Crippen LogP contribution in [0.1, 0.15) is 25.1 Å². The fraction of sp³-hybridized carbons (Fsp3) is 0.267. The van der Waals surface area contributed by atoms with E-state index in [-0.39, 0.29) is 0 Å². The van der Waals surface area contributed by atoms with E-state index in [1.54, 1.807) is 0 Å². The third kappa shape index (κ3) is 2.22. The van der Waals surface area contributed by atoms with Gasteiger partial charge in [-0.2, -0.15) is 4.98 Å². The number of hydrogen-bond acceptors (Lipinski definition) is 5. The first kappa shape index (κ1) is 12.6. The van der Waals surface area contributed by atoms with E-state index in [4.69, 9.17) is 4.52 Å². The van der Waals surface area contributed by atoms with Gasteiger partial charge < -0.3 is 9.84 Å². The van der Waals surface area contributed by atoms with Crippen molar-refractivity contribution in [3.8, 4) is 0 Å². The fourth-order valence-corrected chi connectivity index (χ4v) is 2.18. The molecule has 2 aromatic heterocycles. The van der Waals surface area contributed by atoms with Gasteiger partial charge in [-0.3, -0.25) is 0 Å². The van der Waals surface area contributed by atoms with Gasteiger partial charge in [0.25, 0.3) is 5.71 Å². The predicted molar refractivity (Wildman–Crippen MR) is 78.1 cm³/mol. The molecule has 0 unspecified atom stereocenters. The van der Waals surface area contributed by atoms with E-state index >= 15 is 0 Å². The molecule has 0 spiro atoms. The summed E-state index contributed by atoms with van der Waals surface area (Å²) in [7, 11) is 0. The zero-order valence-corrected chi connectivity index (χ0v) is 11.6. The molecule has 0 aliphatic rings. The average molecular weight is 268 g/mol. The van der Waals surface area contributed by atoms with Gasteiger partial charge in [0, 0.05) is 5.69 Å². The molecule has 0 amide bonds. The molecular weight excluding hydrogens is 252 g/mol. The maximum Gasteiger partial charge on any atom is 0.263 e. The maximum atomic E-state index is 5.22. The highest BCUT2D eigenvalue weighted by Gasteiger charge is 2.13. The molecule has 0 aliphatic heterocycles. The van der Waals surface area contributed by atoms with Gasteiger partial charge in [0.05, 0.1) is 5.69 Å². The minimum Gasteiger partial charge on any atom is -0.339 e. The summed E-state index contributed by atoms with van der Waals surface area (Å²) in [6, 6.07) is 8.28. The minimum absolute atomic E-state index is 0.519. The van der Waals surface area contributed by atoms with Crippen LogP contribution in [0, 0.1) is 0 Å². The van der Waals surface area contributed by atoms with Crippen LogP contribution in [0.4, 0.5) is 11.5 Å². The monoisotopic (exact) mass is 268 g/mol. The van der Waals surface area contributed by atoms with Crippen molar-refractivity contribution < 1.29 is 4.52 Å². The molecule has 0 aliphatic carbocycles. The number of aryl methyl sites for hydroxylation is 2. The second-order valence-corrected chi connectivity index (χ2v) is 4.56. The Hall–Kier alpha value is -2.43. The highest BCUT2D eigenvalue weighted by molar-refractivity contribution is 5.89. The van der Waals surface area contributed by atoms with Crippen molar-refractivity contribution in [1.29, 1.82) is 0 Å². The van der Waals surface area contributed by atoms with Crippen LogP contribution >= 0.6 is 0 Å². The van der Waals surface area contributed by atoms with Crippen LogP contribution in [0.15, 0.2) is 35.1 Å². The second-order valence-electron chi connectivity index (χ2n) is 4.56. The van der Waals surface area contributed by atoms with Crippen LogP contribution in [-0.4, -0.2) is 15.1 Å². The van der Waals surface area contributed by atoms with Gasteiger partial charge in [-0.1, -0.05) is 31.1 Å². The topological polar surface area (TPSA) is 63.8 Å². The van der Waals surface area contributed by atoms with Crippen LogP contribution in [0.5, 0.6) is 0 Å². The van der Waals surface area contributed by atoms with Gasteiger partial charge in [0.15, 0.2) is 0 Å². The van der Waals surface area contributed by atoms with E-state index < -0.39 is 0 Å². The molecule has 5 nitrogen and oxygen atoms in total. The molecule has 3 rings (SSSR count). The Bertz CT molecular complexity index is 736. The summed E-state index contributed by atoms with van der Waals surface area (Å²) in [5, 5.41) is 8.22. The van der Waals surface area contributed by atoms with Gasteiger partial charge >= 0.3 is 0 Å². The zero-order valence-electron chi connectivity index (χ0n) is 11.6. The lowest BCUT2D eigenvalue weighted by molar-refractivity contribution is 0.439. The van der Waals surface area contributed by atoms with Crippen LogP contribution < -0.4 is 5.32 Å². The third-order valence-electron chi connectivity index (χ3n) is 3.28. The van der Waals surface area contributed by atoms with Gasteiger partial charge in [-0.15, -0.1) is 0 Å². The largest absolute Gasteiger partial charge is 0.339 e. The molecule has 20 heavy (non-hydrogen) atoms. The first-order valence-electron chi connectivity index (χ1n) is 6.77. The summed E-state index contributed by atoms with van der Waals surface area (Å²) < 4.78 is 5.22. The molecule has 102 valence electrons. The molecule has 0 atom stereocenters. The number of anilines is 2. The highest BCUT2D eigenvalue weighted by atomic mass is 16.5. The molecular formula is C15H16N4O. The summed E-state index contributed by atoms with van der Waals surface area (Å²) in [6.45, 7) is 4.17. The highest BCUT2D eigenvalue weighted by Crippen LogP contribution is 2.26. The predicted octanol–water partition coefficient (Wildman–Crippen LogP) is 3.49. The van der Waals surface area contributed by atoms with Crippen molar-refractivity contribution in [3.63, 3.8) is 0 Å². The lowest BCUT2D eigenvalue weighted by atomic mass is 10.1. The van der Waals surface area contributed by atoms with Gasteiger partial charge in [-0.25, -0.2) is 4.98 Å². The lowest BCUT2D eigenvalue weighted by Crippen LogP contribution is -1.97. The van der Waals surface area contributed by atoms with E-state index in [9.17, 15) is 0 Å². The molecule has 2 heterocycles. The summed E-state index contributed by atoms with van der Waals surface area (Å²) in [6.07, 6.45) is 3.27. The number of fused-ring (bicyclic) bond motifs is 1. The van der Waals surface area contributed by atoms with E-state index in [1.165, 1.54) is 11.9 Å². The second kappa shape index (κ2) is 5.28. The van der Waals surface area contributed by atoms with E-state index in [1.807, 2.05) is 19.1 Å². The van der Waals surface area contributed by atoms with Gasteiger partial charge in [0.2, 0.25) is 0 Å². The Kier molecular flexibility index (Phi) is 3.33. The standard InChI is InChI=1S/C15H16N4O/c1-3-10-6-5-7-11(8-10)18-14-13-12(4-2)19-20-15(13)17-9-16-14/h5-9H,3-4H2,1-2H3,(H,16,17,18). The number of nitrogens with zero attached hydrogens (tertiary/aromatic N) is 3. The summed E-state index contributed by atoms with van der Waals surface area (Å²) in [4.78, 5) is 8.42. The normalized spacial score (nSPS) is 10.9. The SMILES string of the molecule is CCc1cccc(Nc2ncnc3onc(CC)c23)c1. The number of rotatable bonds is 4. The smallest absolute Gasteiger partial charge is 0.263 e. The summed E-state index contributed by atoms with van der Waals surface area (Å²) in [5.41, 5.74) is 3.68. The van der Waals surface area contributed by atoms with Crippen molar-refractivity contribution in [3.05, 3.63) is 41.9 Å². The Morgan fingerprint density at radius 2 is 2.05 bits per heavy atom. The molecule has 1 aromatic carbocycles. The van der Waals surface area contributed by atoms with E-state index in [0.717, 1.165) is 35.4 Å². The summed E-state index contributed by atoms with van der Waals surface area (Å²) >= 11 is 0. The quantitative estimate of drug-likeness (QED) is 0.784. The first-order valence-corrected chi connectivity index (χ1v) is 6.77. The van der Waals surface area contributed by atoms with Crippen LogP contribution in [0.3, 0.4) is 0 Å². The fourth-order valence-electron chi connectivity index (χ4n) is 2.18. The Morgan fingerprint density at radius 3 is 2.85 bits per heavy atom. The Labute approximate surface area is 117 Å². The van der Waals surface area contributed by atoms with Crippen LogP contribution in [0.2, 0.25) is 0 Å². The molecule has 0 saturated heterocycles. The van der Waals surface area contributed by atoms with Crippen LogP contribution in [-0.2, 0) is 12.8 Å². The molecule has 0 saturated carbocycles. The van der Waals surface area contributed by atoms with E-state index in [0.29, 0.717) is 5.71 Å². The molecule has 0 fully saturated rings. The number of aromatic nitrogens is 3.